The Kier molecular flexibility index (Phi) is 7.01. The van der Waals surface area contributed by atoms with Gasteiger partial charge in [0.1, 0.15) is 11.5 Å². The average Bonchev–Trinajstić information content (AvgIpc) is 3.85. The van der Waals surface area contributed by atoms with Crippen LogP contribution in [-0.2, 0) is 21.7 Å². The van der Waals surface area contributed by atoms with E-state index >= 15 is 0 Å². The Hall–Kier alpha value is -5.52. The van der Waals surface area contributed by atoms with Crippen LogP contribution in [-0.4, -0.2) is 11.3 Å². The standard InChI is InChI=1S/C55H53BN2OS/c1-52(2,3)32-20-23-34(24-21-32)57-43-26-22-33(53(4,5)6)28-41(43)56-40-25-27-46-47(39(31-60-46)54(7,8)9)51(40)59-45-30-35(29-44(57)49(45)56)58-42-19-15-13-17-37(42)48-50(58)36-16-12-14-18-38(36)55(48,10)11/h12-31H,1-11H3/i25D,27D,31D. The van der Waals surface area contributed by atoms with E-state index in [1.54, 1.807) is 0 Å². The summed E-state index contributed by atoms with van der Waals surface area (Å²) >= 11 is 1.29. The van der Waals surface area contributed by atoms with Crippen molar-refractivity contribution in [3.63, 3.8) is 0 Å². The summed E-state index contributed by atoms with van der Waals surface area (Å²) < 4.78 is 39.3. The molecule has 0 unspecified atom stereocenters. The molecule has 0 saturated carbocycles. The van der Waals surface area contributed by atoms with Crippen LogP contribution in [0.25, 0.3) is 37.9 Å². The number of hydrogen-bond acceptors (Lipinski definition) is 3. The summed E-state index contributed by atoms with van der Waals surface area (Å²) in [6, 6.07) is 38.4. The molecule has 0 fully saturated rings. The summed E-state index contributed by atoms with van der Waals surface area (Å²) in [4.78, 5) is 2.40. The number of hydrogen-bond donors (Lipinski definition) is 0. The molecule has 4 heterocycles. The molecule has 6 aromatic carbocycles. The smallest absolute Gasteiger partial charge is 0.256 e. The summed E-state index contributed by atoms with van der Waals surface area (Å²) in [7, 11) is 0. The van der Waals surface area contributed by atoms with Crippen LogP contribution >= 0.6 is 11.3 Å². The van der Waals surface area contributed by atoms with Gasteiger partial charge in [0.05, 0.1) is 21.0 Å². The topological polar surface area (TPSA) is 17.4 Å². The molecular formula is C55H53BN2OS. The summed E-state index contributed by atoms with van der Waals surface area (Å²) in [6.07, 6.45) is 0. The summed E-state index contributed by atoms with van der Waals surface area (Å²) in [6.45, 7) is 24.2. The van der Waals surface area contributed by atoms with Crippen molar-refractivity contribution in [1.82, 2.24) is 4.57 Å². The van der Waals surface area contributed by atoms with Crippen molar-refractivity contribution in [2.24, 2.45) is 0 Å². The summed E-state index contributed by atoms with van der Waals surface area (Å²) in [5.74, 6) is 1.34. The van der Waals surface area contributed by atoms with Gasteiger partial charge in [-0.1, -0.05) is 149 Å². The van der Waals surface area contributed by atoms with E-state index < -0.39 is 12.1 Å². The molecule has 3 nitrogen and oxygen atoms in total. The Morgan fingerprint density at radius 3 is 2.12 bits per heavy atom. The van der Waals surface area contributed by atoms with Crippen LogP contribution in [0.4, 0.5) is 17.1 Å². The molecule has 0 atom stereocenters. The SMILES string of the molecule is [2H]c1sc2c([2H])c([2H])c3c(c2c1C(C)(C)C)Oc1cc(-n2c4c(c5ccccc52)C(C)(C)c2ccccc2-4)cc2c1B3c1cc(C(C)(C)C)ccc1N2c1ccc(C(C)(C)C)cc1. The number of nitrogens with zero attached hydrogens (tertiary/aromatic N) is 2. The fourth-order valence-electron chi connectivity index (χ4n) is 10.4. The first-order valence-corrected chi connectivity index (χ1v) is 22.2. The van der Waals surface area contributed by atoms with Gasteiger partial charge < -0.3 is 14.2 Å². The molecule has 0 spiro atoms. The van der Waals surface area contributed by atoms with Crippen molar-refractivity contribution in [3.8, 4) is 28.4 Å². The van der Waals surface area contributed by atoms with E-state index in [2.05, 4.69) is 189 Å². The quantitative estimate of drug-likeness (QED) is 0.162. The van der Waals surface area contributed by atoms with Crippen LogP contribution in [0.1, 0.15) is 108 Å². The zero-order chi connectivity index (χ0) is 44.4. The van der Waals surface area contributed by atoms with Gasteiger partial charge in [-0.25, -0.2) is 0 Å². The molecular weight excluding hydrogens is 747 g/mol. The molecule has 2 aromatic heterocycles. The van der Waals surface area contributed by atoms with Crippen LogP contribution in [0.5, 0.6) is 11.5 Å². The Morgan fingerprint density at radius 2 is 1.38 bits per heavy atom. The lowest BCUT2D eigenvalue weighted by atomic mass is 9.34. The lowest BCUT2D eigenvalue weighted by Gasteiger charge is -2.41. The second-order valence-corrected chi connectivity index (χ2v) is 21.7. The first-order chi connectivity index (χ1) is 29.7. The number of ether oxygens (including phenoxy) is 1. The van der Waals surface area contributed by atoms with E-state index in [0.717, 1.165) is 55.9 Å². The third kappa shape index (κ3) is 5.21. The van der Waals surface area contributed by atoms with E-state index in [4.69, 9.17) is 4.74 Å². The molecule has 1 aliphatic carbocycles. The zero-order valence-electron chi connectivity index (χ0n) is 39.6. The predicted octanol–water partition coefficient (Wildman–Crippen LogP) is 13.4. The molecule has 5 heteroatoms. The van der Waals surface area contributed by atoms with Gasteiger partial charge in [-0.3, -0.25) is 0 Å². The maximum absolute atomic E-state index is 9.87. The van der Waals surface area contributed by atoms with Gasteiger partial charge in [-0.15, -0.1) is 11.3 Å². The number of benzene rings is 6. The van der Waals surface area contributed by atoms with Crippen LogP contribution in [0.2, 0.25) is 0 Å². The van der Waals surface area contributed by atoms with Gasteiger partial charge in [0, 0.05) is 49.6 Å². The Balaban J connectivity index is 1.30. The molecule has 0 bridgehead atoms. The van der Waals surface area contributed by atoms with Crippen LogP contribution in [0.3, 0.4) is 0 Å². The second kappa shape index (κ2) is 12.3. The van der Waals surface area contributed by atoms with Gasteiger partial charge in [-0.2, -0.15) is 0 Å². The molecule has 0 radical (unpaired) electrons. The van der Waals surface area contributed by atoms with Gasteiger partial charge in [-0.05, 0) is 102 Å². The number of thiophene rings is 1. The maximum Gasteiger partial charge on any atom is 0.256 e. The van der Waals surface area contributed by atoms with Crippen molar-refractivity contribution >= 4 is 72.5 Å². The van der Waals surface area contributed by atoms with E-state index in [0.29, 0.717) is 21.3 Å². The summed E-state index contributed by atoms with van der Waals surface area (Å²) in [5, 5.41) is 2.45. The Morgan fingerprint density at radius 1 is 0.683 bits per heavy atom. The van der Waals surface area contributed by atoms with Gasteiger partial charge in [0.15, 0.2) is 0 Å². The third-order valence-electron chi connectivity index (χ3n) is 13.5. The van der Waals surface area contributed by atoms with Crippen LogP contribution in [0, 0.1) is 0 Å². The number of aromatic nitrogens is 1. The molecule has 0 amide bonds. The van der Waals surface area contributed by atoms with Gasteiger partial charge >= 0.3 is 0 Å². The molecule has 3 aliphatic rings. The van der Waals surface area contributed by atoms with Crippen LogP contribution in [0.15, 0.2) is 121 Å². The first kappa shape index (κ1) is 34.2. The second-order valence-electron chi connectivity index (χ2n) is 20.8. The minimum atomic E-state index is -0.402. The van der Waals surface area contributed by atoms with Gasteiger partial charge in [0.25, 0.3) is 6.71 Å². The molecule has 0 N–H and O–H groups in total. The molecule has 2 aliphatic heterocycles. The highest BCUT2D eigenvalue weighted by atomic mass is 32.1. The fraction of sp³-hybridized carbons (Fsp3) is 0.273. The number of rotatable bonds is 2. The fourth-order valence-corrected chi connectivity index (χ4v) is 11.4. The zero-order valence-corrected chi connectivity index (χ0v) is 37.4. The predicted molar refractivity (Wildman–Crippen MR) is 258 cm³/mol. The van der Waals surface area contributed by atoms with E-state index in [9.17, 15) is 4.11 Å². The molecule has 0 saturated heterocycles. The largest absolute Gasteiger partial charge is 0.458 e. The van der Waals surface area contributed by atoms with Gasteiger partial charge in [0.2, 0.25) is 0 Å². The van der Waals surface area contributed by atoms with E-state index in [1.165, 1.54) is 50.2 Å². The molecule has 11 rings (SSSR count). The van der Waals surface area contributed by atoms with E-state index in [-0.39, 0.29) is 28.3 Å². The summed E-state index contributed by atoms with van der Waals surface area (Å²) in [5.41, 5.74) is 15.6. The van der Waals surface area contributed by atoms with E-state index in [1.807, 2.05) is 0 Å². The number of fused-ring (bicyclic) bond motifs is 11. The Bertz CT molecular complexity index is 3280. The highest BCUT2D eigenvalue weighted by Gasteiger charge is 2.45. The van der Waals surface area contributed by atoms with Crippen molar-refractivity contribution < 1.29 is 8.85 Å². The average molecular weight is 804 g/mol. The minimum Gasteiger partial charge on any atom is -0.458 e. The maximum atomic E-state index is 9.87. The first-order valence-electron chi connectivity index (χ1n) is 22.9. The number of anilines is 3. The minimum absolute atomic E-state index is 0.0160. The highest BCUT2D eigenvalue weighted by Crippen LogP contribution is 2.55. The third-order valence-corrected chi connectivity index (χ3v) is 14.3. The number of para-hydroxylation sites is 1. The monoisotopic (exact) mass is 803 g/mol. The highest BCUT2D eigenvalue weighted by molar-refractivity contribution is 7.17. The lowest BCUT2D eigenvalue weighted by Crippen LogP contribution is -2.59. The lowest BCUT2D eigenvalue weighted by molar-refractivity contribution is 0.491. The molecule has 298 valence electrons. The Labute approximate surface area is 364 Å². The van der Waals surface area contributed by atoms with Crippen LogP contribution < -0.4 is 26.0 Å². The normalized spacial score (nSPS) is 15.8. The van der Waals surface area contributed by atoms with Crippen molar-refractivity contribution in [2.75, 3.05) is 4.90 Å². The van der Waals surface area contributed by atoms with Crippen molar-refractivity contribution in [3.05, 3.63) is 148 Å². The van der Waals surface area contributed by atoms with Crippen molar-refractivity contribution in [2.45, 2.75) is 97.8 Å². The molecule has 8 aromatic rings. The van der Waals surface area contributed by atoms with Crippen molar-refractivity contribution in [1.29, 1.82) is 0 Å². The molecule has 60 heavy (non-hydrogen) atoms.